The summed E-state index contributed by atoms with van der Waals surface area (Å²) in [5.41, 5.74) is 2.06. The number of benzene rings is 3. The lowest BCUT2D eigenvalue weighted by Gasteiger charge is -2.19. The van der Waals surface area contributed by atoms with Gasteiger partial charge in [0.1, 0.15) is 11.5 Å². The molecule has 0 saturated carbocycles. The van der Waals surface area contributed by atoms with Gasteiger partial charge in [0.25, 0.3) is 11.5 Å². The third-order valence-electron chi connectivity index (χ3n) is 6.77. The van der Waals surface area contributed by atoms with E-state index in [4.69, 9.17) is 21.1 Å². The zero-order valence-electron chi connectivity index (χ0n) is 23.1. The van der Waals surface area contributed by atoms with E-state index in [2.05, 4.69) is 5.32 Å². The molecule has 0 aliphatic rings. The molecule has 0 aliphatic carbocycles. The number of carbonyl (C=O) groups excluding carboxylic acids is 1. The van der Waals surface area contributed by atoms with Gasteiger partial charge in [0.2, 0.25) is 0 Å². The highest BCUT2D eigenvalue weighted by Gasteiger charge is 2.25. The Bertz CT molecular complexity index is 1890. The van der Waals surface area contributed by atoms with Crippen molar-refractivity contribution < 1.29 is 14.3 Å². The largest absolute Gasteiger partial charge is 0.492 e. The van der Waals surface area contributed by atoms with Crippen molar-refractivity contribution in [3.8, 4) is 28.4 Å². The lowest BCUT2D eigenvalue weighted by atomic mass is 10.1. The number of fused-ring (bicyclic) bond motifs is 1. The minimum Gasteiger partial charge on any atom is -0.492 e. The molecular weight excluding hydrogens is 544 g/mol. The molecule has 1 N–H and O–H groups in total. The van der Waals surface area contributed by atoms with E-state index in [1.54, 1.807) is 66.3 Å². The van der Waals surface area contributed by atoms with Crippen molar-refractivity contribution in [1.29, 1.82) is 0 Å². The molecule has 5 aromatic rings. The van der Waals surface area contributed by atoms with Crippen LogP contribution in [0.1, 0.15) is 24.2 Å². The fraction of sp³-hybridized carbons (Fsp3) is 0.194. The number of halogens is 1. The van der Waals surface area contributed by atoms with Gasteiger partial charge in [0.05, 0.1) is 41.2 Å². The van der Waals surface area contributed by atoms with Gasteiger partial charge in [-0.1, -0.05) is 48.0 Å². The maximum atomic E-state index is 13.5. The molecule has 0 unspecified atom stereocenters. The minimum absolute atomic E-state index is 0.302. The Balaban J connectivity index is 1.82. The summed E-state index contributed by atoms with van der Waals surface area (Å²) in [6, 6.07) is 19.5. The van der Waals surface area contributed by atoms with Gasteiger partial charge < -0.3 is 19.4 Å². The average Bonchev–Trinajstić information content (AvgIpc) is 3.37. The summed E-state index contributed by atoms with van der Waals surface area (Å²) in [5, 5.41) is 3.68. The number of anilines is 1. The number of nitrogens with zero attached hydrogens (tertiary/aromatic N) is 3. The second-order valence-electron chi connectivity index (χ2n) is 9.30. The van der Waals surface area contributed by atoms with E-state index in [9.17, 15) is 14.4 Å². The van der Waals surface area contributed by atoms with Crippen molar-refractivity contribution in [1.82, 2.24) is 13.7 Å². The van der Waals surface area contributed by atoms with E-state index in [0.717, 1.165) is 4.57 Å². The molecule has 1 amide bonds. The molecule has 210 valence electrons. The standard InChI is InChI=1S/C31H29ClN4O5/c1-5-40-25-17-23(26(41-6-2)16-22(25)33-29(37)19-12-8-7-9-13-19)36-18-24-27(30(38)35(4)31(39)34(24)3)28(36)20-14-10-11-15-21(20)32/h7-18H,5-6H2,1-4H3,(H,33,37). The Morgan fingerprint density at radius 3 is 2.22 bits per heavy atom. The molecular formula is C31H29ClN4O5. The first-order valence-electron chi connectivity index (χ1n) is 13.1. The lowest BCUT2D eigenvalue weighted by Crippen LogP contribution is -2.36. The Morgan fingerprint density at radius 2 is 1.54 bits per heavy atom. The number of ether oxygens (including phenoxy) is 2. The van der Waals surface area contributed by atoms with Gasteiger partial charge >= 0.3 is 5.69 Å². The first kappa shape index (κ1) is 27.8. The molecule has 10 heteroatoms. The second kappa shape index (κ2) is 11.4. The van der Waals surface area contributed by atoms with Crippen LogP contribution in [-0.2, 0) is 14.1 Å². The number of amides is 1. The fourth-order valence-electron chi connectivity index (χ4n) is 4.81. The Morgan fingerprint density at radius 1 is 0.878 bits per heavy atom. The first-order chi connectivity index (χ1) is 19.8. The third kappa shape index (κ3) is 5.00. The van der Waals surface area contributed by atoms with Gasteiger partial charge in [-0.15, -0.1) is 0 Å². The molecule has 0 aliphatic heterocycles. The summed E-state index contributed by atoms with van der Waals surface area (Å²) in [4.78, 5) is 39.4. The predicted octanol–water partition coefficient (Wildman–Crippen LogP) is 5.40. The molecule has 0 fully saturated rings. The first-order valence-corrected chi connectivity index (χ1v) is 13.5. The van der Waals surface area contributed by atoms with Gasteiger partial charge in [0.15, 0.2) is 0 Å². The number of rotatable bonds is 8. The molecule has 0 bridgehead atoms. The summed E-state index contributed by atoms with van der Waals surface area (Å²) >= 11 is 6.67. The van der Waals surface area contributed by atoms with Crippen molar-refractivity contribution in [3.05, 3.63) is 104 Å². The molecule has 9 nitrogen and oxygen atoms in total. The van der Waals surface area contributed by atoms with Crippen LogP contribution >= 0.6 is 11.6 Å². The van der Waals surface area contributed by atoms with Gasteiger partial charge in [-0.2, -0.15) is 0 Å². The van der Waals surface area contributed by atoms with E-state index in [-0.39, 0.29) is 5.91 Å². The van der Waals surface area contributed by atoms with Gasteiger partial charge in [-0.3, -0.25) is 18.7 Å². The van der Waals surface area contributed by atoms with Crippen molar-refractivity contribution in [2.45, 2.75) is 13.8 Å². The molecule has 0 radical (unpaired) electrons. The Labute approximate surface area is 241 Å². The zero-order valence-corrected chi connectivity index (χ0v) is 23.9. The number of hydrogen-bond acceptors (Lipinski definition) is 5. The summed E-state index contributed by atoms with van der Waals surface area (Å²) in [7, 11) is 3.06. The minimum atomic E-state index is -0.454. The third-order valence-corrected chi connectivity index (χ3v) is 7.10. The van der Waals surface area contributed by atoms with E-state index >= 15 is 0 Å². The zero-order chi connectivity index (χ0) is 29.3. The Hall–Kier alpha value is -4.76. The van der Waals surface area contributed by atoms with Gasteiger partial charge in [-0.25, -0.2) is 4.79 Å². The van der Waals surface area contributed by atoms with Crippen LogP contribution in [0.2, 0.25) is 5.02 Å². The second-order valence-corrected chi connectivity index (χ2v) is 9.70. The van der Waals surface area contributed by atoms with Gasteiger partial charge in [-0.05, 0) is 32.0 Å². The average molecular weight is 573 g/mol. The van der Waals surface area contributed by atoms with Crippen LogP contribution in [-0.4, -0.2) is 32.8 Å². The lowest BCUT2D eigenvalue weighted by molar-refractivity contribution is 0.102. The van der Waals surface area contributed by atoms with E-state index in [1.807, 2.05) is 32.0 Å². The van der Waals surface area contributed by atoms with Crippen molar-refractivity contribution in [2.75, 3.05) is 18.5 Å². The molecule has 3 aromatic carbocycles. The number of hydrogen-bond donors (Lipinski definition) is 1. The summed E-state index contributed by atoms with van der Waals surface area (Å²) in [6.07, 6.45) is 1.71. The van der Waals surface area contributed by atoms with Crippen LogP contribution in [0.15, 0.2) is 82.5 Å². The highest BCUT2D eigenvalue weighted by Crippen LogP contribution is 2.41. The molecule has 0 saturated heterocycles. The quantitative estimate of drug-likeness (QED) is 0.269. The van der Waals surface area contributed by atoms with Crippen LogP contribution in [0, 0.1) is 0 Å². The van der Waals surface area contributed by atoms with E-state index in [0.29, 0.717) is 68.8 Å². The smallest absolute Gasteiger partial charge is 0.330 e. The highest BCUT2D eigenvalue weighted by atomic mass is 35.5. The maximum Gasteiger partial charge on any atom is 0.330 e. The van der Waals surface area contributed by atoms with Crippen molar-refractivity contribution >= 4 is 34.1 Å². The fourth-order valence-corrected chi connectivity index (χ4v) is 5.04. The van der Waals surface area contributed by atoms with Crippen LogP contribution in [0.25, 0.3) is 27.8 Å². The van der Waals surface area contributed by atoms with Crippen LogP contribution < -0.4 is 26.0 Å². The molecule has 2 aromatic heterocycles. The molecule has 5 rings (SSSR count). The van der Waals surface area contributed by atoms with Gasteiger partial charge in [0, 0.05) is 48.6 Å². The van der Waals surface area contributed by atoms with E-state index < -0.39 is 11.2 Å². The molecule has 2 heterocycles. The van der Waals surface area contributed by atoms with Crippen LogP contribution in [0.3, 0.4) is 0 Å². The summed E-state index contributed by atoms with van der Waals surface area (Å²) < 4.78 is 16.3. The molecule has 41 heavy (non-hydrogen) atoms. The number of aromatic nitrogens is 3. The van der Waals surface area contributed by atoms with Crippen LogP contribution in [0.4, 0.5) is 5.69 Å². The number of carbonyl (C=O) groups is 1. The normalized spacial score (nSPS) is 11.0. The van der Waals surface area contributed by atoms with Crippen LogP contribution in [0.5, 0.6) is 11.5 Å². The maximum absolute atomic E-state index is 13.5. The van der Waals surface area contributed by atoms with E-state index in [1.165, 1.54) is 11.6 Å². The van der Waals surface area contributed by atoms with Crippen molar-refractivity contribution in [3.63, 3.8) is 0 Å². The molecule has 0 atom stereocenters. The summed E-state index contributed by atoms with van der Waals surface area (Å²) in [6.45, 7) is 4.36. The SMILES string of the molecule is CCOc1cc(-n2cc3c(c2-c2ccccc2Cl)c(=O)n(C)c(=O)n3C)c(OCC)cc1NC(=O)c1ccccc1. The monoisotopic (exact) mass is 572 g/mol. The Kier molecular flexibility index (Phi) is 7.72. The number of aryl methyl sites for hydroxylation is 1. The topological polar surface area (TPSA) is 96.5 Å². The number of nitrogens with one attached hydrogen (secondary N) is 1. The summed E-state index contributed by atoms with van der Waals surface area (Å²) in [5.74, 6) is 0.526. The molecule has 0 spiro atoms. The highest BCUT2D eigenvalue weighted by molar-refractivity contribution is 6.33. The predicted molar refractivity (Wildman–Crippen MR) is 161 cm³/mol. The van der Waals surface area contributed by atoms with Crippen molar-refractivity contribution in [2.24, 2.45) is 14.1 Å².